The minimum absolute atomic E-state index is 0.0697. The third kappa shape index (κ3) is 5.26. The smallest absolute Gasteiger partial charge is 0.293 e. The summed E-state index contributed by atoms with van der Waals surface area (Å²) in [5.41, 5.74) is 3.07. The van der Waals surface area contributed by atoms with Crippen LogP contribution >= 0.6 is 0 Å². The number of nitro benzene ring substituents is 1. The molecule has 2 aromatic rings. The van der Waals surface area contributed by atoms with Crippen LogP contribution in [0.2, 0.25) is 0 Å². The highest BCUT2D eigenvalue weighted by Gasteiger charge is 2.15. The molecule has 0 fully saturated rings. The van der Waals surface area contributed by atoms with Crippen LogP contribution in [0.25, 0.3) is 0 Å². The molecule has 0 saturated carbocycles. The van der Waals surface area contributed by atoms with Gasteiger partial charge >= 0.3 is 0 Å². The van der Waals surface area contributed by atoms with Crippen LogP contribution in [0.1, 0.15) is 5.56 Å². The second-order valence-corrected chi connectivity index (χ2v) is 5.44. The first kappa shape index (κ1) is 18.8. The molecular weight excluding hydrogens is 343 g/mol. The van der Waals surface area contributed by atoms with Gasteiger partial charge in [0.15, 0.2) is 6.61 Å². The van der Waals surface area contributed by atoms with E-state index in [9.17, 15) is 19.3 Å². The van der Waals surface area contributed by atoms with E-state index in [-0.39, 0.29) is 18.0 Å². The van der Waals surface area contributed by atoms with Crippen LogP contribution in [0.15, 0.2) is 47.6 Å². The molecule has 26 heavy (non-hydrogen) atoms. The molecular formula is C17H17FN4O4. The number of nitrogens with one attached hydrogen (secondary N) is 1. The van der Waals surface area contributed by atoms with Gasteiger partial charge in [-0.1, -0.05) is 12.1 Å². The minimum Gasteiger partial charge on any atom is -0.484 e. The molecule has 9 heteroatoms. The summed E-state index contributed by atoms with van der Waals surface area (Å²) < 4.78 is 18.1. The van der Waals surface area contributed by atoms with Crippen molar-refractivity contribution in [1.29, 1.82) is 0 Å². The van der Waals surface area contributed by atoms with E-state index in [2.05, 4.69) is 10.5 Å². The van der Waals surface area contributed by atoms with Crippen molar-refractivity contribution in [2.75, 3.05) is 25.6 Å². The van der Waals surface area contributed by atoms with Gasteiger partial charge in [0.1, 0.15) is 17.3 Å². The van der Waals surface area contributed by atoms with Crippen LogP contribution in [0.3, 0.4) is 0 Å². The molecule has 0 saturated heterocycles. The fourth-order valence-corrected chi connectivity index (χ4v) is 2.06. The number of carbonyl (C=O) groups is 1. The number of rotatable bonds is 7. The lowest BCUT2D eigenvalue weighted by molar-refractivity contribution is -0.384. The Morgan fingerprint density at radius 1 is 1.35 bits per heavy atom. The Morgan fingerprint density at radius 3 is 2.77 bits per heavy atom. The normalized spacial score (nSPS) is 10.6. The van der Waals surface area contributed by atoms with Gasteiger partial charge in [-0.3, -0.25) is 14.9 Å². The number of anilines is 1. The average Bonchev–Trinajstić information content (AvgIpc) is 2.59. The van der Waals surface area contributed by atoms with Crippen molar-refractivity contribution in [2.45, 2.75) is 0 Å². The Kier molecular flexibility index (Phi) is 6.20. The largest absolute Gasteiger partial charge is 0.484 e. The van der Waals surface area contributed by atoms with E-state index in [0.29, 0.717) is 11.3 Å². The number of carbonyl (C=O) groups excluding carboxylic acids is 1. The van der Waals surface area contributed by atoms with Crippen molar-refractivity contribution in [3.05, 3.63) is 64.0 Å². The minimum atomic E-state index is -0.551. The van der Waals surface area contributed by atoms with Gasteiger partial charge in [0.05, 0.1) is 11.1 Å². The number of nitro groups is 1. The van der Waals surface area contributed by atoms with Crippen LogP contribution < -0.4 is 15.1 Å². The summed E-state index contributed by atoms with van der Waals surface area (Å²) in [4.78, 5) is 23.9. The van der Waals surface area contributed by atoms with Crippen molar-refractivity contribution in [3.8, 4) is 5.75 Å². The van der Waals surface area contributed by atoms with Gasteiger partial charge in [-0.05, 0) is 18.2 Å². The molecule has 0 aromatic heterocycles. The van der Waals surface area contributed by atoms with Crippen molar-refractivity contribution < 1.29 is 18.8 Å². The Morgan fingerprint density at radius 2 is 2.12 bits per heavy atom. The molecule has 2 aromatic carbocycles. The molecule has 8 nitrogen and oxygen atoms in total. The summed E-state index contributed by atoms with van der Waals surface area (Å²) >= 11 is 0. The van der Waals surface area contributed by atoms with Gasteiger partial charge in [-0.25, -0.2) is 9.82 Å². The predicted octanol–water partition coefficient (Wildman–Crippen LogP) is 2.33. The summed E-state index contributed by atoms with van der Waals surface area (Å²) in [7, 11) is 3.41. The number of hydrogen-bond acceptors (Lipinski definition) is 6. The van der Waals surface area contributed by atoms with Crippen LogP contribution in [0.4, 0.5) is 15.8 Å². The molecule has 0 spiro atoms. The van der Waals surface area contributed by atoms with E-state index in [4.69, 9.17) is 4.74 Å². The monoisotopic (exact) mass is 360 g/mol. The first-order valence-corrected chi connectivity index (χ1v) is 7.53. The summed E-state index contributed by atoms with van der Waals surface area (Å²) in [6, 6.07) is 9.99. The number of benzene rings is 2. The quantitative estimate of drug-likeness (QED) is 0.464. The highest BCUT2D eigenvalue weighted by molar-refractivity contribution is 5.85. The summed E-state index contributed by atoms with van der Waals surface area (Å²) in [6.07, 6.45) is 1.28. The van der Waals surface area contributed by atoms with Crippen molar-refractivity contribution in [2.24, 2.45) is 5.10 Å². The van der Waals surface area contributed by atoms with E-state index in [0.717, 1.165) is 6.07 Å². The molecule has 0 aliphatic carbocycles. The molecule has 0 unspecified atom stereocenters. The predicted molar refractivity (Wildman–Crippen MR) is 95.1 cm³/mol. The molecule has 1 N–H and O–H groups in total. The molecule has 0 radical (unpaired) electrons. The van der Waals surface area contributed by atoms with E-state index < -0.39 is 16.6 Å². The van der Waals surface area contributed by atoms with Crippen molar-refractivity contribution in [1.82, 2.24) is 5.43 Å². The fourth-order valence-electron chi connectivity index (χ4n) is 2.06. The van der Waals surface area contributed by atoms with E-state index in [1.54, 1.807) is 31.1 Å². The lowest BCUT2D eigenvalue weighted by Crippen LogP contribution is -2.24. The van der Waals surface area contributed by atoms with Crippen LogP contribution in [-0.4, -0.2) is 37.7 Å². The summed E-state index contributed by atoms with van der Waals surface area (Å²) in [6.45, 7) is -0.347. The zero-order valence-electron chi connectivity index (χ0n) is 14.2. The first-order valence-electron chi connectivity index (χ1n) is 7.53. The lowest BCUT2D eigenvalue weighted by Gasteiger charge is -2.12. The zero-order chi connectivity index (χ0) is 19.1. The maximum Gasteiger partial charge on any atom is 0.293 e. The molecule has 0 heterocycles. The maximum absolute atomic E-state index is 13.0. The molecule has 2 rings (SSSR count). The highest BCUT2D eigenvalue weighted by atomic mass is 19.1. The Hall–Kier alpha value is -3.49. The van der Waals surface area contributed by atoms with Gasteiger partial charge in [0.2, 0.25) is 0 Å². The summed E-state index contributed by atoms with van der Waals surface area (Å²) in [5.74, 6) is -0.798. The SMILES string of the molecule is CN(C)c1ccc(/C=N\NC(=O)COc2cccc(F)c2)cc1[N+](=O)[O-]. The highest BCUT2D eigenvalue weighted by Crippen LogP contribution is 2.27. The number of halogens is 1. The third-order valence-electron chi connectivity index (χ3n) is 3.25. The van der Waals surface area contributed by atoms with Crippen LogP contribution in [0, 0.1) is 15.9 Å². The van der Waals surface area contributed by atoms with E-state index in [1.165, 1.54) is 30.5 Å². The van der Waals surface area contributed by atoms with E-state index >= 15 is 0 Å². The average molecular weight is 360 g/mol. The molecule has 136 valence electrons. The Labute approximate surface area is 149 Å². The molecule has 0 bridgehead atoms. The molecule has 1 amide bonds. The topological polar surface area (TPSA) is 97.1 Å². The molecule has 0 atom stereocenters. The Balaban J connectivity index is 1.94. The van der Waals surface area contributed by atoms with Crippen molar-refractivity contribution in [3.63, 3.8) is 0 Å². The number of hydrogen-bond donors (Lipinski definition) is 1. The maximum atomic E-state index is 13.0. The lowest BCUT2D eigenvalue weighted by atomic mass is 10.2. The summed E-state index contributed by atoms with van der Waals surface area (Å²) in [5, 5.41) is 14.9. The van der Waals surface area contributed by atoms with Gasteiger partial charge in [0.25, 0.3) is 11.6 Å². The standard InChI is InChI=1S/C17H17FN4O4/c1-21(2)15-7-6-12(8-16(15)22(24)25)10-19-20-17(23)11-26-14-5-3-4-13(18)9-14/h3-10H,11H2,1-2H3,(H,20,23)/b19-10-. The van der Waals surface area contributed by atoms with Crippen molar-refractivity contribution >= 4 is 23.5 Å². The molecule has 0 aliphatic rings. The number of nitrogens with zero attached hydrogens (tertiary/aromatic N) is 3. The number of ether oxygens (including phenoxy) is 1. The Bertz CT molecular complexity index is 839. The zero-order valence-corrected chi connectivity index (χ0v) is 14.2. The van der Waals surface area contributed by atoms with E-state index in [1.807, 2.05) is 0 Å². The molecule has 0 aliphatic heterocycles. The van der Waals surface area contributed by atoms with Gasteiger partial charge < -0.3 is 9.64 Å². The first-order chi connectivity index (χ1) is 12.4. The van der Waals surface area contributed by atoms with Gasteiger partial charge in [0, 0.05) is 31.8 Å². The fraction of sp³-hybridized carbons (Fsp3) is 0.176. The van der Waals surface area contributed by atoms with Gasteiger partial charge in [-0.2, -0.15) is 5.10 Å². The van der Waals surface area contributed by atoms with Gasteiger partial charge in [-0.15, -0.1) is 0 Å². The second-order valence-electron chi connectivity index (χ2n) is 5.44. The number of hydrazone groups is 1. The van der Waals surface area contributed by atoms with Crippen LogP contribution in [-0.2, 0) is 4.79 Å². The second kappa shape index (κ2) is 8.56. The number of amides is 1. The third-order valence-corrected chi connectivity index (χ3v) is 3.25. The van der Waals surface area contributed by atoms with Crippen LogP contribution in [0.5, 0.6) is 5.75 Å².